The number of benzene rings is 1. The van der Waals surface area contributed by atoms with Crippen LogP contribution in [-0.2, 0) is 5.75 Å². The second-order valence-electron chi connectivity index (χ2n) is 3.35. The third kappa shape index (κ3) is 3.15. The summed E-state index contributed by atoms with van der Waals surface area (Å²) in [7, 11) is 0. The summed E-state index contributed by atoms with van der Waals surface area (Å²) in [5, 5.41) is 0.529. The molecule has 0 spiro atoms. The van der Waals surface area contributed by atoms with Gasteiger partial charge in [-0.3, -0.25) is 0 Å². The van der Waals surface area contributed by atoms with E-state index in [1.807, 2.05) is 30.3 Å². The van der Waals surface area contributed by atoms with E-state index in [9.17, 15) is 0 Å². The fourth-order valence-corrected chi connectivity index (χ4v) is 2.17. The highest BCUT2D eigenvalue weighted by Gasteiger charge is 1.97. The highest BCUT2D eigenvalue weighted by atomic mass is 35.5. The summed E-state index contributed by atoms with van der Waals surface area (Å²) < 4.78 is 0. The molecule has 4 heteroatoms. The number of hydrogen-bond acceptors (Lipinski definition) is 3. The zero-order valence-electron chi connectivity index (χ0n) is 8.56. The van der Waals surface area contributed by atoms with E-state index in [0.29, 0.717) is 5.15 Å². The van der Waals surface area contributed by atoms with Gasteiger partial charge in [0.15, 0.2) is 0 Å². The van der Waals surface area contributed by atoms with Crippen molar-refractivity contribution >= 4 is 29.1 Å². The number of anilines is 1. The van der Waals surface area contributed by atoms with E-state index in [1.54, 1.807) is 24.0 Å². The van der Waals surface area contributed by atoms with Gasteiger partial charge in [0, 0.05) is 22.5 Å². The monoisotopic (exact) mass is 250 g/mol. The second kappa shape index (κ2) is 5.23. The van der Waals surface area contributed by atoms with Gasteiger partial charge in [-0.2, -0.15) is 0 Å². The van der Waals surface area contributed by atoms with Crippen molar-refractivity contribution in [3.8, 4) is 0 Å². The van der Waals surface area contributed by atoms with E-state index in [1.165, 1.54) is 4.90 Å². The summed E-state index contributed by atoms with van der Waals surface area (Å²) in [6.45, 7) is 0. The fourth-order valence-electron chi connectivity index (χ4n) is 1.22. The summed E-state index contributed by atoms with van der Waals surface area (Å²) in [5.74, 6) is 0.883. The number of nitrogens with zero attached hydrogens (tertiary/aromatic N) is 1. The van der Waals surface area contributed by atoms with Gasteiger partial charge in [0.1, 0.15) is 5.15 Å². The minimum absolute atomic E-state index is 0.529. The van der Waals surface area contributed by atoms with Crippen LogP contribution in [0.5, 0.6) is 0 Å². The second-order valence-corrected chi connectivity index (χ2v) is 4.78. The van der Waals surface area contributed by atoms with Crippen LogP contribution in [0.25, 0.3) is 0 Å². The summed E-state index contributed by atoms with van der Waals surface area (Å²) in [6.07, 6.45) is 1.80. The molecule has 1 aromatic carbocycles. The number of nitrogen functional groups attached to an aromatic ring is 1. The summed E-state index contributed by atoms with van der Waals surface area (Å²) in [4.78, 5) is 5.24. The molecule has 0 radical (unpaired) electrons. The number of rotatable bonds is 3. The van der Waals surface area contributed by atoms with E-state index in [2.05, 4.69) is 4.98 Å². The van der Waals surface area contributed by atoms with Crippen LogP contribution in [0.3, 0.4) is 0 Å². The molecule has 0 aliphatic heterocycles. The minimum atomic E-state index is 0.529. The molecule has 2 aromatic rings. The third-order valence-electron chi connectivity index (χ3n) is 2.07. The average molecular weight is 251 g/mol. The number of thioether (sulfide) groups is 1. The number of hydrogen-bond donors (Lipinski definition) is 1. The Morgan fingerprint density at radius 2 is 1.88 bits per heavy atom. The molecule has 0 aliphatic carbocycles. The molecule has 1 aromatic heterocycles. The lowest BCUT2D eigenvalue weighted by atomic mass is 10.3. The van der Waals surface area contributed by atoms with Crippen molar-refractivity contribution in [3.63, 3.8) is 0 Å². The molecule has 2 N–H and O–H groups in total. The molecule has 0 aliphatic rings. The molecule has 1 heterocycles. The molecule has 2 nitrogen and oxygen atoms in total. The first kappa shape index (κ1) is 11.3. The zero-order chi connectivity index (χ0) is 11.4. The van der Waals surface area contributed by atoms with Gasteiger partial charge in [0.25, 0.3) is 0 Å². The lowest BCUT2D eigenvalue weighted by Gasteiger charge is -2.02. The Kier molecular flexibility index (Phi) is 3.70. The van der Waals surface area contributed by atoms with E-state index in [0.717, 1.165) is 17.0 Å². The van der Waals surface area contributed by atoms with Crippen LogP contribution in [0.4, 0.5) is 5.69 Å². The molecule has 0 atom stereocenters. The number of pyridine rings is 1. The van der Waals surface area contributed by atoms with E-state index >= 15 is 0 Å². The maximum absolute atomic E-state index is 5.71. The van der Waals surface area contributed by atoms with E-state index < -0.39 is 0 Å². The quantitative estimate of drug-likeness (QED) is 0.514. The lowest BCUT2D eigenvalue weighted by Crippen LogP contribution is -1.84. The van der Waals surface area contributed by atoms with Crippen molar-refractivity contribution in [3.05, 3.63) is 53.3 Å². The van der Waals surface area contributed by atoms with E-state index in [4.69, 9.17) is 17.3 Å². The van der Waals surface area contributed by atoms with Crippen LogP contribution in [0.1, 0.15) is 5.56 Å². The lowest BCUT2D eigenvalue weighted by molar-refractivity contribution is 1.25. The Balaban J connectivity index is 1.97. The molecule has 16 heavy (non-hydrogen) atoms. The maximum atomic E-state index is 5.71. The molecular formula is C12H11ClN2S. The molecule has 0 bridgehead atoms. The smallest absolute Gasteiger partial charge is 0.129 e. The van der Waals surface area contributed by atoms with Crippen molar-refractivity contribution in [1.82, 2.24) is 4.98 Å². The summed E-state index contributed by atoms with van der Waals surface area (Å²) in [5.41, 5.74) is 7.56. The third-order valence-corrected chi connectivity index (χ3v) is 3.38. The van der Waals surface area contributed by atoms with Crippen molar-refractivity contribution in [2.75, 3.05) is 5.73 Å². The summed E-state index contributed by atoms with van der Waals surface area (Å²) >= 11 is 7.46. The fraction of sp³-hybridized carbons (Fsp3) is 0.0833. The van der Waals surface area contributed by atoms with Crippen LogP contribution in [0, 0.1) is 0 Å². The normalized spacial score (nSPS) is 10.3. The first-order chi connectivity index (χ1) is 7.74. The van der Waals surface area contributed by atoms with Crippen molar-refractivity contribution < 1.29 is 0 Å². The van der Waals surface area contributed by atoms with Crippen molar-refractivity contribution in [2.24, 2.45) is 0 Å². The first-order valence-electron chi connectivity index (χ1n) is 4.83. The Morgan fingerprint density at radius 3 is 2.50 bits per heavy atom. The molecule has 0 amide bonds. The van der Waals surface area contributed by atoms with Gasteiger partial charge < -0.3 is 5.73 Å². The average Bonchev–Trinajstić information content (AvgIpc) is 2.30. The highest BCUT2D eigenvalue weighted by Crippen LogP contribution is 2.23. The SMILES string of the molecule is Nc1ccc(SCc2ccc(Cl)nc2)cc1. The topological polar surface area (TPSA) is 38.9 Å². The zero-order valence-corrected chi connectivity index (χ0v) is 10.1. The predicted molar refractivity (Wildman–Crippen MR) is 69.7 cm³/mol. The van der Waals surface area contributed by atoms with Crippen LogP contribution < -0.4 is 5.73 Å². The van der Waals surface area contributed by atoms with Crippen LogP contribution >= 0.6 is 23.4 Å². The molecule has 2 rings (SSSR count). The number of aromatic nitrogens is 1. The van der Waals surface area contributed by atoms with Crippen LogP contribution in [0.2, 0.25) is 5.15 Å². The summed E-state index contributed by atoms with van der Waals surface area (Å²) in [6, 6.07) is 11.6. The maximum Gasteiger partial charge on any atom is 0.129 e. The van der Waals surface area contributed by atoms with Crippen molar-refractivity contribution in [2.45, 2.75) is 10.6 Å². The number of nitrogens with two attached hydrogens (primary N) is 1. The molecule has 0 saturated heterocycles. The molecule has 0 saturated carbocycles. The standard InChI is InChI=1S/C12H11ClN2S/c13-12-6-1-9(7-15-12)8-16-11-4-2-10(14)3-5-11/h1-7H,8,14H2. The Bertz CT molecular complexity index is 408. The number of halogens is 1. The van der Waals surface area contributed by atoms with Gasteiger partial charge in [-0.05, 0) is 35.9 Å². The predicted octanol–water partition coefficient (Wildman–Crippen LogP) is 3.61. The molecule has 0 fully saturated rings. The Hall–Kier alpha value is -1.19. The van der Waals surface area contributed by atoms with Gasteiger partial charge in [-0.25, -0.2) is 4.98 Å². The Morgan fingerprint density at radius 1 is 1.12 bits per heavy atom. The molecular weight excluding hydrogens is 240 g/mol. The Labute approximate surface area is 104 Å². The first-order valence-corrected chi connectivity index (χ1v) is 6.19. The van der Waals surface area contributed by atoms with Gasteiger partial charge >= 0.3 is 0 Å². The van der Waals surface area contributed by atoms with Crippen LogP contribution in [0.15, 0.2) is 47.5 Å². The largest absolute Gasteiger partial charge is 0.399 e. The van der Waals surface area contributed by atoms with Gasteiger partial charge in [0.05, 0.1) is 0 Å². The van der Waals surface area contributed by atoms with Gasteiger partial charge in [0.2, 0.25) is 0 Å². The van der Waals surface area contributed by atoms with Gasteiger partial charge in [-0.15, -0.1) is 11.8 Å². The van der Waals surface area contributed by atoms with E-state index in [-0.39, 0.29) is 0 Å². The minimum Gasteiger partial charge on any atom is -0.399 e. The molecule has 82 valence electrons. The highest BCUT2D eigenvalue weighted by molar-refractivity contribution is 7.98. The van der Waals surface area contributed by atoms with Crippen LogP contribution in [-0.4, -0.2) is 4.98 Å². The van der Waals surface area contributed by atoms with Gasteiger partial charge in [-0.1, -0.05) is 17.7 Å². The van der Waals surface area contributed by atoms with Crippen molar-refractivity contribution in [1.29, 1.82) is 0 Å². The molecule has 0 unspecified atom stereocenters.